The Labute approximate surface area is 185 Å². The molecule has 0 unspecified atom stereocenters. The Kier molecular flexibility index (Phi) is 5.73. The molecular formula is C24H21ClN4O2. The minimum absolute atomic E-state index is 0.0906. The number of halogens is 1. The third kappa shape index (κ3) is 4.44. The number of carbonyl (C=O) groups is 2. The number of nitrogens with one attached hydrogen (secondary N) is 1. The molecule has 0 atom stereocenters. The Hall–Kier alpha value is -3.64. The van der Waals surface area contributed by atoms with Crippen LogP contribution >= 0.6 is 11.6 Å². The number of amides is 1. The maximum atomic E-state index is 12.9. The summed E-state index contributed by atoms with van der Waals surface area (Å²) in [6.45, 7) is 1.82. The zero-order valence-electron chi connectivity index (χ0n) is 17.2. The van der Waals surface area contributed by atoms with Gasteiger partial charge in [0.15, 0.2) is 5.78 Å². The van der Waals surface area contributed by atoms with E-state index in [4.69, 9.17) is 16.7 Å². The third-order valence-electron chi connectivity index (χ3n) is 5.00. The quantitative estimate of drug-likeness (QED) is 0.436. The molecule has 0 saturated heterocycles. The number of para-hydroxylation sites is 1. The van der Waals surface area contributed by atoms with Crippen molar-refractivity contribution in [1.82, 2.24) is 19.7 Å². The first-order valence-corrected chi connectivity index (χ1v) is 10.1. The first-order chi connectivity index (χ1) is 14.9. The van der Waals surface area contributed by atoms with Crippen molar-refractivity contribution in [3.8, 4) is 16.9 Å². The van der Waals surface area contributed by atoms with E-state index < -0.39 is 0 Å². The fourth-order valence-corrected chi connectivity index (χ4v) is 3.47. The van der Waals surface area contributed by atoms with E-state index in [0.717, 1.165) is 22.5 Å². The van der Waals surface area contributed by atoms with Crippen LogP contribution in [0.1, 0.15) is 33.3 Å². The lowest BCUT2D eigenvalue weighted by atomic mass is 10.1. The largest absolute Gasteiger partial charge is 0.356 e. The van der Waals surface area contributed by atoms with Crippen LogP contribution in [-0.4, -0.2) is 38.4 Å². The van der Waals surface area contributed by atoms with Crippen LogP contribution in [0.25, 0.3) is 16.9 Å². The zero-order valence-corrected chi connectivity index (χ0v) is 17.9. The molecule has 2 aromatic heterocycles. The molecule has 0 aliphatic rings. The predicted octanol–water partition coefficient (Wildman–Crippen LogP) is 5.00. The number of hydrogen-bond acceptors (Lipinski definition) is 3. The lowest BCUT2D eigenvalue weighted by Crippen LogP contribution is -2.26. The second-order valence-electron chi connectivity index (χ2n) is 7.31. The van der Waals surface area contributed by atoms with Gasteiger partial charge in [0, 0.05) is 47.7 Å². The second kappa shape index (κ2) is 8.62. The number of ketones is 1. The van der Waals surface area contributed by atoms with Crippen molar-refractivity contribution in [2.75, 3.05) is 7.05 Å². The van der Waals surface area contributed by atoms with Gasteiger partial charge in [-0.2, -0.15) is 5.10 Å². The van der Waals surface area contributed by atoms with E-state index in [1.165, 1.54) is 6.92 Å². The van der Waals surface area contributed by atoms with Gasteiger partial charge in [0.25, 0.3) is 5.91 Å². The molecule has 0 bridgehead atoms. The van der Waals surface area contributed by atoms with Gasteiger partial charge in [-0.15, -0.1) is 0 Å². The summed E-state index contributed by atoms with van der Waals surface area (Å²) in [6, 6.07) is 18.8. The predicted molar refractivity (Wildman–Crippen MR) is 121 cm³/mol. The Morgan fingerprint density at radius 1 is 1.10 bits per heavy atom. The molecule has 31 heavy (non-hydrogen) atoms. The lowest BCUT2D eigenvalue weighted by Gasteiger charge is -2.16. The highest BCUT2D eigenvalue weighted by Crippen LogP contribution is 2.26. The molecule has 2 aromatic carbocycles. The van der Waals surface area contributed by atoms with E-state index in [9.17, 15) is 9.59 Å². The minimum Gasteiger partial charge on any atom is -0.356 e. The van der Waals surface area contributed by atoms with Crippen molar-refractivity contribution in [2.45, 2.75) is 13.5 Å². The highest BCUT2D eigenvalue weighted by atomic mass is 35.5. The van der Waals surface area contributed by atoms with Crippen molar-refractivity contribution in [2.24, 2.45) is 0 Å². The van der Waals surface area contributed by atoms with E-state index >= 15 is 0 Å². The van der Waals surface area contributed by atoms with E-state index in [-0.39, 0.29) is 11.7 Å². The van der Waals surface area contributed by atoms with Crippen molar-refractivity contribution < 1.29 is 9.59 Å². The number of hydrogen-bond donors (Lipinski definition) is 1. The molecule has 1 amide bonds. The Morgan fingerprint density at radius 2 is 1.81 bits per heavy atom. The van der Waals surface area contributed by atoms with Crippen molar-refractivity contribution in [1.29, 1.82) is 0 Å². The average molecular weight is 433 g/mol. The van der Waals surface area contributed by atoms with Gasteiger partial charge in [-0.1, -0.05) is 41.9 Å². The van der Waals surface area contributed by atoms with Crippen LogP contribution in [0.4, 0.5) is 0 Å². The smallest absolute Gasteiger partial charge is 0.270 e. The standard InChI is InChI=1S/C24H21ClN4O2/c1-16(30)18-12-22(26-13-18)24(31)28(2)14-19-15-29(21-6-4-3-5-7-21)27-23(19)17-8-10-20(25)11-9-17/h3-13,15,26H,14H2,1-2H3. The summed E-state index contributed by atoms with van der Waals surface area (Å²) in [7, 11) is 1.72. The maximum absolute atomic E-state index is 12.9. The second-order valence-corrected chi connectivity index (χ2v) is 7.75. The van der Waals surface area contributed by atoms with Crippen LogP contribution in [0.5, 0.6) is 0 Å². The number of nitrogens with zero attached hydrogens (tertiary/aromatic N) is 3. The molecule has 0 aliphatic heterocycles. The van der Waals surface area contributed by atoms with Crippen molar-refractivity contribution >= 4 is 23.3 Å². The van der Waals surface area contributed by atoms with E-state index in [1.807, 2.05) is 60.8 Å². The number of H-pyrrole nitrogens is 1. The van der Waals surface area contributed by atoms with Crippen LogP contribution in [-0.2, 0) is 6.54 Å². The molecule has 0 fully saturated rings. The molecule has 0 radical (unpaired) electrons. The summed E-state index contributed by atoms with van der Waals surface area (Å²) in [5, 5.41) is 5.42. The molecular weight excluding hydrogens is 412 g/mol. The van der Waals surface area contributed by atoms with Gasteiger partial charge in [0.05, 0.1) is 11.4 Å². The molecule has 7 heteroatoms. The van der Waals surface area contributed by atoms with Crippen LogP contribution in [0.3, 0.4) is 0 Å². The SMILES string of the molecule is CC(=O)c1c[nH]c(C(=O)N(C)Cc2cn(-c3ccccc3)nc2-c2ccc(Cl)cc2)c1. The molecule has 4 aromatic rings. The normalized spacial score (nSPS) is 10.8. The lowest BCUT2D eigenvalue weighted by molar-refractivity contribution is 0.0780. The molecule has 2 heterocycles. The summed E-state index contributed by atoms with van der Waals surface area (Å²) in [4.78, 5) is 28.9. The van der Waals surface area contributed by atoms with Gasteiger partial charge in [-0.25, -0.2) is 4.68 Å². The highest BCUT2D eigenvalue weighted by Gasteiger charge is 2.19. The molecule has 0 spiro atoms. The van der Waals surface area contributed by atoms with Gasteiger partial charge in [0.2, 0.25) is 0 Å². The highest BCUT2D eigenvalue weighted by molar-refractivity contribution is 6.30. The van der Waals surface area contributed by atoms with Crippen LogP contribution < -0.4 is 0 Å². The van der Waals surface area contributed by atoms with Gasteiger partial charge >= 0.3 is 0 Å². The number of benzene rings is 2. The summed E-state index contributed by atoms with van der Waals surface area (Å²) < 4.78 is 1.81. The summed E-state index contributed by atoms with van der Waals surface area (Å²) in [6.07, 6.45) is 3.48. The number of rotatable bonds is 6. The topological polar surface area (TPSA) is 71.0 Å². The summed E-state index contributed by atoms with van der Waals surface area (Å²) in [5.41, 5.74) is 4.35. The molecule has 0 aliphatic carbocycles. The average Bonchev–Trinajstić information content (AvgIpc) is 3.42. The Balaban J connectivity index is 1.67. The first kappa shape index (κ1) is 20.6. The summed E-state index contributed by atoms with van der Waals surface area (Å²) >= 11 is 6.05. The fraction of sp³-hybridized carbons (Fsp3) is 0.125. The molecule has 0 saturated carbocycles. The summed E-state index contributed by atoms with van der Waals surface area (Å²) in [5.74, 6) is -0.297. The Morgan fingerprint density at radius 3 is 2.45 bits per heavy atom. The molecule has 4 rings (SSSR count). The van der Waals surface area contributed by atoms with Crippen molar-refractivity contribution in [3.63, 3.8) is 0 Å². The number of Topliss-reactive ketones (excluding diaryl/α,β-unsaturated/α-hetero) is 1. The number of carbonyl (C=O) groups excluding carboxylic acids is 2. The van der Waals surface area contributed by atoms with Gasteiger partial charge < -0.3 is 9.88 Å². The molecule has 156 valence electrons. The van der Waals surface area contributed by atoms with Gasteiger partial charge in [0.1, 0.15) is 5.69 Å². The zero-order chi connectivity index (χ0) is 22.0. The third-order valence-corrected chi connectivity index (χ3v) is 5.25. The van der Waals surface area contributed by atoms with Crippen LogP contribution in [0, 0.1) is 0 Å². The Bertz CT molecular complexity index is 1230. The molecule has 6 nitrogen and oxygen atoms in total. The maximum Gasteiger partial charge on any atom is 0.270 e. The van der Waals surface area contributed by atoms with Gasteiger partial charge in [-0.3, -0.25) is 9.59 Å². The number of aromatic amines is 1. The van der Waals surface area contributed by atoms with E-state index in [0.29, 0.717) is 22.8 Å². The number of aromatic nitrogens is 3. The van der Waals surface area contributed by atoms with Gasteiger partial charge in [-0.05, 0) is 37.3 Å². The van der Waals surface area contributed by atoms with E-state index in [1.54, 1.807) is 28.9 Å². The van der Waals surface area contributed by atoms with Crippen molar-refractivity contribution in [3.05, 3.63) is 94.9 Å². The van der Waals surface area contributed by atoms with Crippen LogP contribution in [0.15, 0.2) is 73.1 Å². The first-order valence-electron chi connectivity index (χ1n) is 9.77. The molecule has 1 N–H and O–H groups in total. The van der Waals surface area contributed by atoms with E-state index in [2.05, 4.69) is 4.98 Å². The monoisotopic (exact) mass is 432 g/mol. The minimum atomic E-state index is -0.206. The fourth-order valence-electron chi connectivity index (χ4n) is 3.34. The van der Waals surface area contributed by atoms with Crippen LogP contribution in [0.2, 0.25) is 5.02 Å².